The van der Waals surface area contributed by atoms with Gasteiger partial charge in [0, 0.05) is 6.61 Å². The predicted molar refractivity (Wildman–Crippen MR) is 82.1 cm³/mol. The van der Waals surface area contributed by atoms with Crippen molar-refractivity contribution in [3.63, 3.8) is 0 Å². The van der Waals surface area contributed by atoms with E-state index in [4.69, 9.17) is 4.74 Å². The molecule has 0 atom stereocenters. The Bertz CT molecular complexity index is 572. The highest BCUT2D eigenvalue weighted by molar-refractivity contribution is 7.85. The molecule has 0 saturated heterocycles. The van der Waals surface area contributed by atoms with Crippen molar-refractivity contribution in [2.75, 3.05) is 6.61 Å². The molecule has 4 nitrogen and oxygen atoms in total. The molecule has 2 rings (SSSR count). The lowest BCUT2D eigenvalue weighted by Gasteiger charge is -2.28. The van der Waals surface area contributed by atoms with E-state index in [9.17, 15) is 13.0 Å². The minimum absolute atomic E-state index is 0.0556. The van der Waals surface area contributed by atoms with Gasteiger partial charge in [0.1, 0.15) is 0 Å². The fourth-order valence-corrected chi connectivity index (χ4v) is 3.88. The van der Waals surface area contributed by atoms with E-state index in [1.165, 1.54) is 6.07 Å². The van der Waals surface area contributed by atoms with Crippen molar-refractivity contribution < 1.29 is 17.7 Å². The Hall–Kier alpha value is -0.910. The van der Waals surface area contributed by atoms with E-state index in [2.05, 4.69) is 0 Å². The summed E-state index contributed by atoms with van der Waals surface area (Å²) in [6, 6.07) is 5.10. The van der Waals surface area contributed by atoms with Gasteiger partial charge in [0.25, 0.3) is 10.1 Å². The molecule has 0 bridgehead atoms. The molecule has 1 aliphatic rings. The molecule has 0 unspecified atom stereocenters. The first-order valence-corrected chi connectivity index (χ1v) is 9.02. The standard InChI is InChI=1S/C16H24O4S/c1-3-20-15-7-5-13(6-8-15)11-14-10-12(2)4-9-16(14)21(17,18)19/h4,9-10,13,15H,3,5-8,11H2,1-2H3,(H,17,18,19). The third-order valence-electron chi connectivity index (χ3n) is 4.20. The van der Waals surface area contributed by atoms with Crippen molar-refractivity contribution in [2.24, 2.45) is 5.92 Å². The van der Waals surface area contributed by atoms with Gasteiger partial charge in [0.05, 0.1) is 11.0 Å². The Kier molecular flexibility index (Phi) is 5.41. The molecular formula is C16H24O4S. The Balaban J connectivity index is 2.08. The van der Waals surface area contributed by atoms with Crippen molar-refractivity contribution >= 4 is 10.1 Å². The van der Waals surface area contributed by atoms with Gasteiger partial charge in [-0.05, 0) is 63.5 Å². The van der Waals surface area contributed by atoms with Gasteiger partial charge in [-0.15, -0.1) is 0 Å². The van der Waals surface area contributed by atoms with Crippen molar-refractivity contribution in [3.05, 3.63) is 29.3 Å². The zero-order chi connectivity index (χ0) is 15.5. The van der Waals surface area contributed by atoms with Crippen LogP contribution in [0.2, 0.25) is 0 Å². The smallest absolute Gasteiger partial charge is 0.294 e. The van der Waals surface area contributed by atoms with Gasteiger partial charge in [-0.1, -0.05) is 17.7 Å². The number of hydrogen-bond donors (Lipinski definition) is 1. The van der Waals surface area contributed by atoms with Crippen LogP contribution >= 0.6 is 0 Å². The quantitative estimate of drug-likeness (QED) is 0.847. The third-order valence-corrected chi connectivity index (χ3v) is 5.15. The molecule has 1 saturated carbocycles. The largest absolute Gasteiger partial charge is 0.379 e. The summed E-state index contributed by atoms with van der Waals surface area (Å²) >= 11 is 0. The molecule has 0 radical (unpaired) electrons. The maximum Gasteiger partial charge on any atom is 0.294 e. The van der Waals surface area contributed by atoms with Crippen LogP contribution in [0.25, 0.3) is 0 Å². The molecule has 118 valence electrons. The second-order valence-electron chi connectivity index (χ2n) is 5.89. The molecule has 0 heterocycles. The summed E-state index contributed by atoms with van der Waals surface area (Å²) in [7, 11) is -4.15. The van der Waals surface area contributed by atoms with Gasteiger partial charge >= 0.3 is 0 Å². The van der Waals surface area contributed by atoms with Gasteiger partial charge in [-0.2, -0.15) is 8.42 Å². The number of hydrogen-bond acceptors (Lipinski definition) is 3. The maximum absolute atomic E-state index is 11.5. The lowest BCUT2D eigenvalue weighted by atomic mass is 9.83. The molecule has 0 aromatic heterocycles. The van der Waals surface area contributed by atoms with Gasteiger partial charge < -0.3 is 4.74 Å². The van der Waals surface area contributed by atoms with Gasteiger partial charge in [0.2, 0.25) is 0 Å². The van der Waals surface area contributed by atoms with Crippen LogP contribution in [-0.4, -0.2) is 25.7 Å². The van der Waals surface area contributed by atoms with Crippen molar-refractivity contribution in [1.82, 2.24) is 0 Å². The zero-order valence-corrected chi connectivity index (χ0v) is 13.5. The van der Waals surface area contributed by atoms with E-state index in [0.717, 1.165) is 43.4 Å². The van der Waals surface area contributed by atoms with E-state index in [0.29, 0.717) is 18.4 Å². The molecule has 1 N–H and O–H groups in total. The molecule has 0 spiro atoms. The maximum atomic E-state index is 11.5. The van der Waals surface area contributed by atoms with Crippen LogP contribution in [0.15, 0.2) is 23.1 Å². The number of aryl methyl sites for hydroxylation is 1. The second kappa shape index (κ2) is 6.90. The van der Waals surface area contributed by atoms with Crippen LogP contribution in [0.3, 0.4) is 0 Å². The van der Waals surface area contributed by atoms with Crippen LogP contribution < -0.4 is 0 Å². The monoisotopic (exact) mass is 312 g/mol. The summed E-state index contributed by atoms with van der Waals surface area (Å²) in [5, 5.41) is 0. The van der Waals surface area contributed by atoms with Gasteiger partial charge in [-0.3, -0.25) is 4.55 Å². The number of benzene rings is 1. The van der Waals surface area contributed by atoms with E-state index in [1.807, 2.05) is 19.9 Å². The third kappa shape index (κ3) is 4.53. The number of ether oxygens (including phenoxy) is 1. The molecular weight excluding hydrogens is 288 g/mol. The van der Waals surface area contributed by atoms with Gasteiger partial charge in [0.15, 0.2) is 0 Å². The molecule has 1 aromatic rings. The summed E-state index contributed by atoms with van der Waals surface area (Å²) in [4.78, 5) is 0.0556. The summed E-state index contributed by atoms with van der Waals surface area (Å²) in [5.74, 6) is 0.462. The molecule has 21 heavy (non-hydrogen) atoms. The highest BCUT2D eigenvalue weighted by atomic mass is 32.2. The number of rotatable bonds is 5. The summed E-state index contributed by atoms with van der Waals surface area (Å²) in [6.07, 6.45) is 5.21. The van der Waals surface area contributed by atoms with E-state index >= 15 is 0 Å². The fourth-order valence-electron chi connectivity index (χ4n) is 3.17. The van der Waals surface area contributed by atoms with Gasteiger partial charge in [-0.25, -0.2) is 0 Å². The second-order valence-corrected chi connectivity index (χ2v) is 7.28. The normalized spacial score (nSPS) is 23.2. The minimum Gasteiger partial charge on any atom is -0.379 e. The average molecular weight is 312 g/mol. The zero-order valence-electron chi connectivity index (χ0n) is 12.7. The summed E-state index contributed by atoms with van der Waals surface area (Å²) in [6.45, 7) is 4.70. The first-order valence-electron chi connectivity index (χ1n) is 7.58. The SMILES string of the molecule is CCOC1CCC(Cc2cc(C)ccc2S(=O)(=O)O)CC1. The lowest BCUT2D eigenvalue weighted by molar-refractivity contribution is 0.0257. The molecule has 1 fully saturated rings. The highest BCUT2D eigenvalue weighted by Crippen LogP contribution is 2.31. The fraction of sp³-hybridized carbons (Fsp3) is 0.625. The highest BCUT2D eigenvalue weighted by Gasteiger charge is 2.24. The van der Waals surface area contributed by atoms with E-state index in [-0.39, 0.29) is 4.90 Å². The van der Waals surface area contributed by atoms with Crippen LogP contribution in [0.1, 0.15) is 43.7 Å². The average Bonchev–Trinajstić information content (AvgIpc) is 2.40. The minimum atomic E-state index is -4.15. The first-order chi connectivity index (χ1) is 9.90. The van der Waals surface area contributed by atoms with E-state index < -0.39 is 10.1 Å². The van der Waals surface area contributed by atoms with Crippen molar-refractivity contribution in [1.29, 1.82) is 0 Å². The Labute approximate surface area is 127 Å². The first kappa shape index (κ1) is 16.5. The predicted octanol–water partition coefficient (Wildman–Crippen LogP) is 3.38. The van der Waals surface area contributed by atoms with Crippen LogP contribution in [-0.2, 0) is 21.3 Å². The molecule has 1 aromatic carbocycles. The summed E-state index contributed by atoms with van der Waals surface area (Å²) in [5.41, 5.74) is 1.75. The lowest BCUT2D eigenvalue weighted by Crippen LogP contribution is -2.23. The topological polar surface area (TPSA) is 63.6 Å². The molecule has 0 amide bonds. The van der Waals surface area contributed by atoms with Crippen molar-refractivity contribution in [3.8, 4) is 0 Å². The Morgan fingerprint density at radius 2 is 1.90 bits per heavy atom. The van der Waals surface area contributed by atoms with E-state index in [1.54, 1.807) is 6.07 Å². The van der Waals surface area contributed by atoms with Crippen molar-refractivity contribution in [2.45, 2.75) is 57.0 Å². The molecule has 1 aliphatic carbocycles. The Morgan fingerprint density at radius 3 is 2.48 bits per heavy atom. The molecule has 0 aliphatic heterocycles. The summed E-state index contributed by atoms with van der Waals surface area (Å²) < 4.78 is 38.0. The Morgan fingerprint density at radius 1 is 1.24 bits per heavy atom. The van der Waals surface area contributed by atoms with Crippen LogP contribution in [0.5, 0.6) is 0 Å². The molecule has 5 heteroatoms. The van der Waals surface area contributed by atoms with Crippen LogP contribution in [0.4, 0.5) is 0 Å². The van der Waals surface area contributed by atoms with Crippen LogP contribution in [0, 0.1) is 12.8 Å².